The van der Waals surface area contributed by atoms with Crippen molar-refractivity contribution < 1.29 is 8.42 Å². The minimum atomic E-state index is -3.51. The van der Waals surface area contributed by atoms with Gasteiger partial charge in [-0.25, -0.2) is 13.4 Å². The van der Waals surface area contributed by atoms with E-state index >= 15 is 0 Å². The summed E-state index contributed by atoms with van der Waals surface area (Å²) in [6.07, 6.45) is 0.777. The van der Waals surface area contributed by atoms with Crippen LogP contribution in [0.15, 0.2) is 0 Å². The van der Waals surface area contributed by atoms with Gasteiger partial charge in [-0.15, -0.1) is 11.3 Å². The average molecular weight is 279 g/mol. The molecule has 0 amide bonds. The maximum absolute atomic E-state index is 11.5. The molecule has 0 fully saturated rings. The number of thiazole rings is 1. The Labute approximate surface area is 104 Å². The molecule has 1 aromatic heterocycles. The third-order valence-electron chi connectivity index (χ3n) is 1.80. The molecule has 0 bridgehead atoms. The lowest BCUT2D eigenvalue weighted by atomic mass is 10.3. The molecule has 16 heavy (non-hydrogen) atoms. The molecule has 0 atom stereocenters. The summed E-state index contributed by atoms with van der Waals surface area (Å²) in [5.41, 5.74) is 6.09. The van der Waals surface area contributed by atoms with E-state index in [2.05, 4.69) is 21.9 Å². The van der Waals surface area contributed by atoms with Crippen LogP contribution in [-0.2, 0) is 16.4 Å². The standard InChI is InChI=1S/C8H13N3O2S3/c1-3-6-5(2)15-8(10-6)11-16(12,13)4-7(9)14/h3-4H2,1-2H3,(H2,9,14)(H,10,11). The smallest absolute Gasteiger partial charge is 0.241 e. The van der Waals surface area contributed by atoms with Gasteiger partial charge < -0.3 is 5.73 Å². The number of nitrogens with one attached hydrogen (secondary N) is 1. The van der Waals surface area contributed by atoms with Gasteiger partial charge in [0.25, 0.3) is 0 Å². The molecule has 90 valence electrons. The highest BCUT2D eigenvalue weighted by Crippen LogP contribution is 2.23. The number of nitrogens with two attached hydrogens (primary N) is 1. The van der Waals surface area contributed by atoms with E-state index in [0.29, 0.717) is 5.13 Å². The summed E-state index contributed by atoms with van der Waals surface area (Å²) in [4.78, 5) is 5.12. The van der Waals surface area contributed by atoms with E-state index in [0.717, 1.165) is 17.0 Å². The van der Waals surface area contributed by atoms with Gasteiger partial charge in [-0.1, -0.05) is 19.1 Å². The molecular formula is C8H13N3O2S3. The second-order valence-electron chi connectivity index (χ2n) is 3.20. The molecular weight excluding hydrogens is 266 g/mol. The maximum atomic E-state index is 11.5. The Balaban J connectivity index is 2.84. The van der Waals surface area contributed by atoms with Gasteiger partial charge in [0.05, 0.1) is 10.7 Å². The summed E-state index contributed by atoms with van der Waals surface area (Å²) < 4.78 is 25.4. The van der Waals surface area contributed by atoms with Gasteiger partial charge in [-0.3, -0.25) is 4.72 Å². The first-order chi connectivity index (χ1) is 7.34. The molecule has 1 aromatic rings. The fraction of sp³-hybridized carbons (Fsp3) is 0.500. The van der Waals surface area contributed by atoms with Gasteiger partial charge in [-0.05, 0) is 13.3 Å². The van der Waals surface area contributed by atoms with Crippen molar-refractivity contribution in [3.05, 3.63) is 10.6 Å². The van der Waals surface area contributed by atoms with Crippen LogP contribution in [0.2, 0.25) is 0 Å². The highest BCUT2D eigenvalue weighted by atomic mass is 32.2. The molecule has 0 aliphatic carbocycles. The van der Waals surface area contributed by atoms with Crippen LogP contribution in [0.1, 0.15) is 17.5 Å². The molecule has 1 rings (SSSR count). The first kappa shape index (κ1) is 13.3. The molecule has 0 unspecified atom stereocenters. The largest absolute Gasteiger partial charge is 0.392 e. The zero-order valence-electron chi connectivity index (χ0n) is 8.98. The molecule has 8 heteroatoms. The average Bonchev–Trinajstić information content (AvgIpc) is 2.42. The molecule has 0 aromatic carbocycles. The van der Waals surface area contributed by atoms with Crippen molar-refractivity contribution in [3.63, 3.8) is 0 Å². The van der Waals surface area contributed by atoms with Crippen LogP contribution in [0.3, 0.4) is 0 Å². The van der Waals surface area contributed by atoms with E-state index in [1.54, 1.807) is 0 Å². The van der Waals surface area contributed by atoms with Crippen LogP contribution >= 0.6 is 23.6 Å². The number of aromatic nitrogens is 1. The molecule has 0 saturated heterocycles. The summed E-state index contributed by atoms with van der Waals surface area (Å²) in [6.45, 7) is 3.87. The molecule has 1 heterocycles. The fourth-order valence-corrected chi connectivity index (χ4v) is 3.68. The van der Waals surface area contributed by atoms with E-state index in [9.17, 15) is 8.42 Å². The Bertz CT molecular complexity index is 493. The minimum Gasteiger partial charge on any atom is -0.392 e. The van der Waals surface area contributed by atoms with E-state index in [4.69, 9.17) is 5.73 Å². The summed E-state index contributed by atoms with van der Waals surface area (Å²) in [7, 11) is -3.51. The Morgan fingerprint density at radius 1 is 1.62 bits per heavy atom. The number of aryl methyl sites for hydroxylation is 2. The quantitative estimate of drug-likeness (QED) is 0.787. The van der Waals surface area contributed by atoms with Gasteiger partial charge in [0.2, 0.25) is 10.0 Å². The van der Waals surface area contributed by atoms with Crippen molar-refractivity contribution in [2.24, 2.45) is 5.73 Å². The highest BCUT2D eigenvalue weighted by Gasteiger charge is 2.15. The minimum absolute atomic E-state index is 0.0588. The van der Waals surface area contributed by atoms with Gasteiger partial charge in [-0.2, -0.15) is 0 Å². The second-order valence-corrected chi connectivity index (χ2v) is 6.65. The normalized spacial score (nSPS) is 11.4. The van der Waals surface area contributed by atoms with Crippen molar-refractivity contribution in [2.45, 2.75) is 20.3 Å². The van der Waals surface area contributed by atoms with Crippen molar-refractivity contribution in [2.75, 3.05) is 10.5 Å². The van der Waals surface area contributed by atoms with E-state index in [1.165, 1.54) is 11.3 Å². The van der Waals surface area contributed by atoms with Gasteiger partial charge in [0, 0.05) is 4.88 Å². The SMILES string of the molecule is CCc1nc(NS(=O)(=O)CC(N)=S)sc1C. The summed E-state index contributed by atoms with van der Waals surface area (Å²) >= 11 is 5.86. The van der Waals surface area contributed by atoms with Gasteiger partial charge >= 0.3 is 0 Å². The molecule has 3 N–H and O–H groups in total. The molecule has 5 nitrogen and oxygen atoms in total. The number of sulfonamides is 1. The molecule has 0 saturated carbocycles. The number of hydrogen-bond acceptors (Lipinski definition) is 5. The predicted molar refractivity (Wildman–Crippen MR) is 70.4 cm³/mol. The number of thiocarbonyl (C=S) groups is 1. The van der Waals surface area contributed by atoms with Crippen molar-refractivity contribution in [1.29, 1.82) is 0 Å². The predicted octanol–water partition coefficient (Wildman–Crippen LogP) is 1.04. The highest BCUT2D eigenvalue weighted by molar-refractivity contribution is 7.95. The zero-order valence-corrected chi connectivity index (χ0v) is 11.4. The van der Waals surface area contributed by atoms with Crippen LogP contribution in [0.25, 0.3) is 0 Å². The van der Waals surface area contributed by atoms with Crippen LogP contribution in [0.4, 0.5) is 5.13 Å². The van der Waals surface area contributed by atoms with Crippen LogP contribution in [0.5, 0.6) is 0 Å². The van der Waals surface area contributed by atoms with E-state index in [1.807, 2.05) is 13.8 Å². The lowest BCUT2D eigenvalue weighted by Crippen LogP contribution is -2.26. The lowest BCUT2D eigenvalue weighted by Gasteiger charge is -2.02. The van der Waals surface area contributed by atoms with Gasteiger partial charge in [0.15, 0.2) is 5.13 Å². The monoisotopic (exact) mass is 279 g/mol. The Morgan fingerprint density at radius 3 is 2.69 bits per heavy atom. The number of hydrogen-bond donors (Lipinski definition) is 2. The molecule has 0 radical (unpaired) electrons. The van der Waals surface area contributed by atoms with Crippen LogP contribution in [-0.4, -0.2) is 24.1 Å². The van der Waals surface area contributed by atoms with Crippen LogP contribution in [0, 0.1) is 6.92 Å². The first-order valence-electron chi connectivity index (χ1n) is 4.59. The van der Waals surface area contributed by atoms with Gasteiger partial charge in [0.1, 0.15) is 5.75 Å². The third kappa shape index (κ3) is 3.69. The first-order valence-corrected chi connectivity index (χ1v) is 7.47. The number of rotatable bonds is 5. The molecule has 0 aliphatic heterocycles. The van der Waals surface area contributed by atoms with Crippen molar-refractivity contribution in [1.82, 2.24) is 4.98 Å². The fourth-order valence-electron chi connectivity index (χ4n) is 1.16. The van der Waals surface area contributed by atoms with Crippen molar-refractivity contribution >= 4 is 43.7 Å². The third-order valence-corrected chi connectivity index (χ3v) is 4.38. The Morgan fingerprint density at radius 2 is 2.25 bits per heavy atom. The summed E-state index contributed by atoms with van der Waals surface area (Å²) in [5, 5.41) is 0.366. The van der Waals surface area contributed by atoms with Crippen molar-refractivity contribution in [3.8, 4) is 0 Å². The number of anilines is 1. The summed E-state index contributed by atoms with van der Waals surface area (Å²) in [5.74, 6) is -0.359. The summed E-state index contributed by atoms with van der Waals surface area (Å²) in [6, 6.07) is 0. The van der Waals surface area contributed by atoms with Crippen LogP contribution < -0.4 is 10.5 Å². The topological polar surface area (TPSA) is 85.1 Å². The second kappa shape index (κ2) is 5.07. The van der Waals surface area contributed by atoms with E-state index in [-0.39, 0.29) is 10.7 Å². The lowest BCUT2D eigenvalue weighted by molar-refractivity contribution is 0.605. The molecule has 0 aliphatic rings. The Kier molecular flexibility index (Phi) is 4.22. The zero-order chi connectivity index (χ0) is 12.3. The van der Waals surface area contributed by atoms with E-state index < -0.39 is 10.0 Å². The maximum Gasteiger partial charge on any atom is 0.241 e. The molecule has 0 spiro atoms. The number of nitrogens with zero attached hydrogens (tertiary/aromatic N) is 1. The Hall–Kier alpha value is -0.730.